The monoisotopic (exact) mass is 365 g/mol. The summed E-state index contributed by atoms with van der Waals surface area (Å²) >= 11 is 0. The molecule has 2 N–H and O–H groups in total. The van der Waals surface area contributed by atoms with Crippen LogP contribution in [-0.4, -0.2) is 53.4 Å². The van der Waals surface area contributed by atoms with Gasteiger partial charge in [0, 0.05) is 26.6 Å². The maximum absolute atomic E-state index is 11.0. The average Bonchev–Trinajstić information content (AvgIpc) is 2.68. The standard InChI is InChI=1S/C19H31N3O4/c1-20-19(21-12-7-5-6-8-18(23)26-4)22-13-11-15-9-10-16(24-2)17(14-15)25-3/h9-10,14H,5-8,11-13H2,1-4H3,(H2,20,21,22). The van der Waals surface area contributed by atoms with Crippen LogP contribution in [0.4, 0.5) is 0 Å². The Kier molecular flexibility index (Phi) is 10.7. The van der Waals surface area contributed by atoms with Crippen molar-refractivity contribution in [1.29, 1.82) is 0 Å². The molecule has 0 bridgehead atoms. The van der Waals surface area contributed by atoms with E-state index in [9.17, 15) is 4.79 Å². The number of guanidine groups is 1. The number of unbranched alkanes of at least 4 members (excludes halogenated alkanes) is 2. The Bertz CT molecular complexity index is 576. The fraction of sp³-hybridized carbons (Fsp3) is 0.579. The maximum atomic E-state index is 11.0. The van der Waals surface area contributed by atoms with Gasteiger partial charge in [-0.25, -0.2) is 0 Å². The van der Waals surface area contributed by atoms with E-state index >= 15 is 0 Å². The van der Waals surface area contributed by atoms with Crippen LogP contribution in [0.2, 0.25) is 0 Å². The maximum Gasteiger partial charge on any atom is 0.305 e. The van der Waals surface area contributed by atoms with Crippen LogP contribution < -0.4 is 20.1 Å². The number of hydrogen-bond donors (Lipinski definition) is 2. The predicted octanol–water partition coefficient (Wildman–Crippen LogP) is 2.14. The summed E-state index contributed by atoms with van der Waals surface area (Å²) in [5.41, 5.74) is 1.16. The summed E-state index contributed by atoms with van der Waals surface area (Å²) in [7, 11) is 6.44. The number of esters is 1. The topological polar surface area (TPSA) is 81.2 Å². The SMILES string of the molecule is CN=C(NCCCCCC(=O)OC)NCCc1ccc(OC)c(OC)c1. The number of benzene rings is 1. The third-order valence-corrected chi connectivity index (χ3v) is 3.96. The van der Waals surface area contributed by atoms with E-state index in [1.165, 1.54) is 7.11 Å². The van der Waals surface area contributed by atoms with Gasteiger partial charge in [-0.3, -0.25) is 9.79 Å². The van der Waals surface area contributed by atoms with Crippen molar-refractivity contribution in [3.63, 3.8) is 0 Å². The number of rotatable bonds is 11. The van der Waals surface area contributed by atoms with Gasteiger partial charge in [-0.05, 0) is 37.0 Å². The number of hydrogen-bond acceptors (Lipinski definition) is 5. The zero-order chi connectivity index (χ0) is 19.2. The Labute approximate surface area is 156 Å². The minimum atomic E-state index is -0.148. The summed E-state index contributed by atoms with van der Waals surface area (Å²) in [6.07, 6.45) is 4.13. The Morgan fingerprint density at radius 3 is 2.38 bits per heavy atom. The number of aliphatic imine (C=N–C) groups is 1. The van der Waals surface area contributed by atoms with Crippen LogP contribution in [0.25, 0.3) is 0 Å². The zero-order valence-electron chi connectivity index (χ0n) is 16.3. The zero-order valence-corrected chi connectivity index (χ0v) is 16.3. The van der Waals surface area contributed by atoms with Crippen LogP contribution in [-0.2, 0) is 16.0 Å². The second-order valence-corrected chi connectivity index (χ2v) is 5.75. The minimum absolute atomic E-state index is 0.148. The van der Waals surface area contributed by atoms with Crippen LogP contribution >= 0.6 is 0 Å². The fourth-order valence-electron chi connectivity index (χ4n) is 2.46. The van der Waals surface area contributed by atoms with Crippen molar-refractivity contribution in [3.05, 3.63) is 23.8 Å². The summed E-state index contributed by atoms with van der Waals surface area (Å²) in [5.74, 6) is 2.09. The van der Waals surface area contributed by atoms with Gasteiger partial charge >= 0.3 is 5.97 Å². The number of carbonyl (C=O) groups excluding carboxylic acids is 1. The van der Waals surface area contributed by atoms with Crippen molar-refractivity contribution in [3.8, 4) is 11.5 Å². The molecule has 0 aliphatic heterocycles. The molecule has 0 aliphatic rings. The highest BCUT2D eigenvalue weighted by Crippen LogP contribution is 2.27. The minimum Gasteiger partial charge on any atom is -0.493 e. The number of ether oxygens (including phenoxy) is 3. The molecular weight excluding hydrogens is 334 g/mol. The molecule has 0 unspecified atom stereocenters. The third kappa shape index (κ3) is 8.09. The van der Waals surface area contributed by atoms with Crippen LogP contribution in [0.1, 0.15) is 31.2 Å². The van der Waals surface area contributed by atoms with Crippen molar-refractivity contribution in [2.75, 3.05) is 41.5 Å². The van der Waals surface area contributed by atoms with E-state index in [4.69, 9.17) is 9.47 Å². The first-order valence-electron chi connectivity index (χ1n) is 8.86. The quantitative estimate of drug-likeness (QED) is 0.271. The Balaban J connectivity index is 2.25. The van der Waals surface area contributed by atoms with Crippen molar-refractivity contribution in [2.45, 2.75) is 32.1 Å². The van der Waals surface area contributed by atoms with E-state index in [0.717, 1.165) is 61.8 Å². The summed E-state index contributed by atoms with van der Waals surface area (Å²) in [5, 5.41) is 6.57. The molecule has 7 nitrogen and oxygen atoms in total. The molecule has 1 rings (SSSR count). The lowest BCUT2D eigenvalue weighted by atomic mass is 10.1. The van der Waals surface area contributed by atoms with Gasteiger partial charge < -0.3 is 24.8 Å². The highest BCUT2D eigenvalue weighted by Gasteiger charge is 2.05. The lowest BCUT2D eigenvalue weighted by molar-refractivity contribution is -0.140. The molecule has 0 radical (unpaired) electrons. The molecule has 1 aromatic carbocycles. The van der Waals surface area contributed by atoms with Crippen LogP contribution in [0.5, 0.6) is 11.5 Å². The van der Waals surface area contributed by atoms with Gasteiger partial charge in [0.2, 0.25) is 0 Å². The fourth-order valence-corrected chi connectivity index (χ4v) is 2.46. The van der Waals surface area contributed by atoms with E-state index in [1.54, 1.807) is 21.3 Å². The van der Waals surface area contributed by atoms with Crippen LogP contribution in [0, 0.1) is 0 Å². The molecule has 146 valence electrons. The second-order valence-electron chi connectivity index (χ2n) is 5.75. The smallest absolute Gasteiger partial charge is 0.305 e. The van der Waals surface area contributed by atoms with Gasteiger partial charge in [-0.2, -0.15) is 0 Å². The Morgan fingerprint density at radius 2 is 1.73 bits per heavy atom. The number of carbonyl (C=O) groups is 1. The van der Waals surface area contributed by atoms with E-state index in [2.05, 4.69) is 20.4 Å². The normalized spacial score (nSPS) is 11.0. The number of methoxy groups -OCH3 is 3. The summed E-state index contributed by atoms with van der Waals surface area (Å²) in [6.45, 7) is 1.58. The molecule has 0 saturated carbocycles. The van der Waals surface area contributed by atoms with Crippen LogP contribution in [0.15, 0.2) is 23.2 Å². The molecule has 0 aromatic heterocycles. The van der Waals surface area contributed by atoms with Crippen LogP contribution in [0.3, 0.4) is 0 Å². The molecule has 0 spiro atoms. The second kappa shape index (κ2) is 12.9. The van der Waals surface area contributed by atoms with Gasteiger partial charge in [0.1, 0.15) is 0 Å². The molecule has 1 aromatic rings. The van der Waals surface area contributed by atoms with Gasteiger partial charge in [-0.1, -0.05) is 12.5 Å². The third-order valence-electron chi connectivity index (χ3n) is 3.96. The summed E-state index contributed by atoms with van der Waals surface area (Å²) < 4.78 is 15.2. The highest BCUT2D eigenvalue weighted by atomic mass is 16.5. The number of nitrogens with zero attached hydrogens (tertiary/aromatic N) is 1. The first-order chi connectivity index (χ1) is 12.6. The Hall–Kier alpha value is -2.44. The molecule has 0 heterocycles. The molecular formula is C19H31N3O4. The van der Waals surface area contributed by atoms with Gasteiger partial charge in [0.05, 0.1) is 21.3 Å². The van der Waals surface area contributed by atoms with Crippen molar-refractivity contribution in [1.82, 2.24) is 10.6 Å². The predicted molar refractivity (Wildman–Crippen MR) is 103 cm³/mol. The van der Waals surface area contributed by atoms with E-state index in [0.29, 0.717) is 6.42 Å². The lowest BCUT2D eigenvalue weighted by Crippen LogP contribution is -2.38. The van der Waals surface area contributed by atoms with Crippen molar-refractivity contribution in [2.24, 2.45) is 4.99 Å². The molecule has 0 amide bonds. The molecule has 0 aliphatic carbocycles. The summed E-state index contributed by atoms with van der Waals surface area (Å²) in [6, 6.07) is 5.92. The van der Waals surface area contributed by atoms with Crippen molar-refractivity contribution < 1.29 is 19.0 Å². The molecule has 26 heavy (non-hydrogen) atoms. The number of nitrogens with one attached hydrogen (secondary N) is 2. The van der Waals surface area contributed by atoms with Gasteiger partial charge in [0.15, 0.2) is 17.5 Å². The largest absolute Gasteiger partial charge is 0.493 e. The first kappa shape index (κ1) is 21.6. The van der Waals surface area contributed by atoms with Crippen molar-refractivity contribution >= 4 is 11.9 Å². The van der Waals surface area contributed by atoms with E-state index < -0.39 is 0 Å². The molecule has 0 atom stereocenters. The van der Waals surface area contributed by atoms with E-state index in [1.807, 2.05) is 18.2 Å². The lowest BCUT2D eigenvalue weighted by Gasteiger charge is -2.13. The molecule has 0 saturated heterocycles. The Morgan fingerprint density at radius 1 is 1.00 bits per heavy atom. The van der Waals surface area contributed by atoms with Gasteiger partial charge in [0.25, 0.3) is 0 Å². The first-order valence-corrected chi connectivity index (χ1v) is 8.86. The highest BCUT2D eigenvalue weighted by molar-refractivity contribution is 5.79. The average molecular weight is 365 g/mol. The molecule has 7 heteroatoms. The summed E-state index contributed by atoms with van der Waals surface area (Å²) in [4.78, 5) is 15.2. The van der Waals surface area contributed by atoms with Gasteiger partial charge in [-0.15, -0.1) is 0 Å². The van der Waals surface area contributed by atoms with E-state index in [-0.39, 0.29) is 5.97 Å². The molecule has 0 fully saturated rings.